The molecule has 5 rings (SSSR count). The van der Waals surface area contributed by atoms with Gasteiger partial charge in [-0.15, -0.1) is 0 Å². The average Bonchev–Trinajstić information content (AvgIpc) is 3.10. The summed E-state index contributed by atoms with van der Waals surface area (Å²) in [5.74, 6) is -4.53. The number of primary amides is 1. The van der Waals surface area contributed by atoms with Crippen molar-refractivity contribution in [1.82, 2.24) is 14.7 Å². The zero-order chi connectivity index (χ0) is 25.3. The summed E-state index contributed by atoms with van der Waals surface area (Å²) < 4.78 is 35.9. The molecular formula is C24H30F2N6O3. The van der Waals surface area contributed by atoms with Crippen LogP contribution in [0.15, 0.2) is 18.2 Å². The van der Waals surface area contributed by atoms with Crippen molar-refractivity contribution in [2.45, 2.75) is 38.7 Å². The fourth-order valence-electron chi connectivity index (χ4n) is 5.55. The Morgan fingerprint density at radius 1 is 1.29 bits per heavy atom. The standard InChI is InChI=1S/C24H30F2N6O3/c1-13(31-6-8-35-9-7-31)22(34)30(3)14-4-5-16(27)17(10-14)32-18-12-23(2)19(24(23,25)26)11-15(18)20(29-32)21(28)33/h4-5,10,13,19H,6-9,11-12,27H2,1-3H3,(H2,28,33)/t13-,19?,23?/m0/s1. The molecule has 2 fully saturated rings. The maximum atomic E-state index is 14.5. The molecule has 9 nitrogen and oxygen atoms in total. The molecular weight excluding hydrogens is 458 g/mol. The van der Waals surface area contributed by atoms with E-state index in [4.69, 9.17) is 16.2 Å². The smallest absolute Gasteiger partial charge is 0.269 e. The van der Waals surface area contributed by atoms with Gasteiger partial charge < -0.3 is 21.1 Å². The normalized spacial score (nSPS) is 25.9. The van der Waals surface area contributed by atoms with Crippen molar-refractivity contribution in [2.75, 3.05) is 44.0 Å². The van der Waals surface area contributed by atoms with Gasteiger partial charge in [0.05, 0.1) is 30.6 Å². The summed E-state index contributed by atoms with van der Waals surface area (Å²) in [6, 6.07) is 4.71. The first-order valence-corrected chi connectivity index (χ1v) is 11.7. The number of amides is 2. The predicted octanol–water partition coefficient (Wildman–Crippen LogP) is 1.61. The molecule has 3 atom stereocenters. The number of anilines is 2. The summed E-state index contributed by atoms with van der Waals surface area (Å²) in [4.78, 5) is 28.9. The highest BCUT2D eigenvalue weighted by Crippen LogP contribution is 2.70. The molecule has 0 radical (unpaired) electrons. The molecule has 2 unspecified atom stereocenters. The number of benzene rings is 1. The Hall–Kier alpha value is -3.05. The van der Waals surface area contributed by atoms with Crippen LogP contribution < -0.4 is 16.4 Å². The van der Waals surface area contributed by atoms with E-state index in [1.807, 2.05) is 6.92 Å². The fourth-order valence-corrected chi connectivity index (χ4v) is 5.55. The van der Waals surface area contributed by atoms with Crippen molar-refractivity contribution < 1.29 is 23.1 Å². The predicted molar refractivity (Wildman–Crippen MR) is 126 cm³/mol. The van der Waals surface area contributed by atoms with Gasteiger partial charge in [-0.25, -0.2) is 13.5 Å². The molecule has 35 heavy (non-hydrogen) atoms. The van der Waals surface area contributed by atoms with Crippen LogP contribution >= 0.6 is 0 Å². The van der Waals surface area contributed by atoms with Gasteiger partial charge in [-0.05, 0) is 31.5 Å². The van der Waals surface area contributed by atoms with Crippen LogP contribution in [0.5, 0.6) is 0 Å². The first-order valence-electron chi connectivity index (χ1n) is 11.7. The Morgan fingerprint density at radius 2 is 1.97 bits per heavy atom. The van der Waals surface area contributed by atoms with E-state index in [9.17, 15) is 18.4 Å². The minimum atomic E-state index is -2.82. The third-order valence-corrected chi connectivity index (χ3v) is 8.06. The summed E-state index contributed by atoms with van der Waals surface area (Å²) in [5.41, 5.74) is 12.9. The number of ether oxygens (including phenoxy) is 1. The lowest BCUT2D eigenvalue weighted by Gasteiger charge is -2.33. The van der Waals surface area contributed by atoms with Gasteiger partial charge in [-0.1, -0.05) is 6.92 Å². The zero-order valence-corrected chi connectivity index (χ0v) is 20.1. The second kappa shape index (κ2) is 7.99. The van der Waals surface area contributed by atoms with Gasteiger partial charge in [-0.3, -0.25) is 14.5 Å². The van der Waals surface area contributed by atoms with Gasteiger partial charge >= 0.3 is 0 Å². The van der Waals surface area contributed by atoms with Crippen LogP contribution in [0.25, 0.3) is 5.69 Å². The molecule has 1 aliphatic heterocycles. The Kier molecular flexibility index (Phi) is 5.41. The Balaban J connectivity index is 1.50. The van der Waals surface area contributed by atoms with Crippen LogP contribution in [0.1, 0.15) is 35.6 Å². The lowest BCUT2D eigenvalue weighted by molar-refractivity contribution is -0.124. The van der Waals surface area contributed by atoms with Gasteiger partial charge in [0, 0.05) is 54.8 Å². The van der Waals surface area contributed by atoms with Crippen LogP contribution in [0.4, 0.5) is 20.2 Å². The van der Waals surface area contributed by atoms with Crippen LogP contribution in [0.3, 0.4) is 0 Å². The number of alkyl halides is 2. The molecule has 2 heterocycles. The number of carbonyl (C=O) groups excluding carboxylic acids is 2. The molecule has 2 amide bonds. The Labute approximate surface area is 202 Å². The summed E-state index contributed by atoms with van der Waals surface area (Å²) >= 11 is 0. The molecule has 2 aromatic rings. The van der Waals surface area contributed by atoms with Gasteiger partial charge in [0.2, 0.25) is 5.91 Å². The molecule has 1 aromatic heterocycles. The molecule has 0 spiro atoms. The first-order chi connectivity index (χ1) is 16.5. The number of fused-ring (bicyclic) bond motifs is 2. The maximum Gasteiger partial charge on any atom is 0.269 e. The number of likely N-dealkylation sites (N-methyl/N-ethyl adjacent to an activating group) is 1. The molecule has 1 aromatic carbocycles. The summed E-state index contributed by atoms with van der Waals surface area (Å²) in [6.07, 6.45) is 0.0823. The van der Waals surface area contributed by atoms with Gasteiger partial charge in [-0.2, -0.15) is 5.10 Å². The lowest BCUT2D eigenvalue weighted by Crippen LogP contribution is -2.50. The average molecular weight is 489 g/mol. The number of rotatable bonds is 5. The number of aromatic nitrogens is 2. The molecule has 11 heteroatoms. The molecule has 188 valence electrons. The van der Waals surface area contributed by atoms with E-state index in [-0.39, 0.29) is 30.5 Å². The quantitative estimate of drug-likeness (QED) is 0.617. The summed E-state index contributed by atoms with van der Waals surface area (Å²) in [7, 11) is 1.68. The fraction of sp³-hybridized carbons (Fsp3) is 0.542. The molecule has 4 N–H and O–H groups in total. The van der Waals surface area contributed by atoms with Crippen molar-refractivity contribution in [1.29, 1.82) is 0 Å². The minimum absolute atomic E-state index is 0.0140. The summed E-state index contributed by atoms with van der Waals surface area (Å²) in [5, 5.41) is 4.40. The second-order valence-corrected chi connectivity index (χ2v) is 9.99. The highest BCUT2D eigenvalue weighted by atomic mass is 19.3. The zero-order valence-electron chi connectivity index (χ0n) is 20.1. The van der Waals surface area contributed by atoms with Crippen LogP contribution in [-0.4, -0.2) is 71.8 Å². The highest BCUT2D eigenvalue weighted by Gasteiger charge is 2.78. The number of nitrogens with two attached hydrogens (primary N) is 2. The topological polar surface area (TPSA) is 120 Å². The molecule has 1 saturated heterocycles. The van der Waals surface area contributed by atoms with E-state index in [2.05, 4.69) is 10.00 Å². The van der Waals surface area contributed by atoms with E-state index in [0.29, 0.717) is 54.6 Å². The van der Waals surface area contributed by atoms with Crippen LogP contribution in [-0.2, 0) is 22.4 Å². The second-order valence-electron chi connectivity index (χ2n) is 9.99. The first kappa shape index (κ1) is 23.7. The van der Waals surface area contributed by atoms with Crippen molar-refractivity contribution >= 4 is 23.2 Å². The highest BCUT2D eigenvalue weighted by molar-refractivity contribution is 5.97. The van der Waals surface area contributed by atoms with Gasteiger partial charge in [0.1, 0.15) is 0 Å². The van der Waals surface area contributed by atoms with E-state index < -0.39 is 23.2 Å². The Bertz CT molecular complexity index is 1210. The van der Waals surface area contributed by atoms with Crippen LogP contribution in [0.2, 0.25) is 0 Å². The SMILES string of the molecule is C[C@@H](C(=O)N(C)c1ccc(N)c(-n2nc(C(N)=O)c3c2CC2(C)C(C3)C2(F)F)c1)N1CCOCC1. The van der Waals surface area contributed by atoms with E-state index in [1.54, 1.807) is 37.1 Å². The molecule has 0 bridgehead atoms. The molecule has 3 aliphatic rings. The number of hydrogen-bond donors (Lipinski definition) is 2. The summed E-state index contributed by atoms with van der Waals surface area (Å²) in [6.45, 7) is 5.93. The largest absolute Gasteiger partial charge is 0.397 e. The van der Waals surface area contributed by atoms with Crippen molar-refractivity contribution in [3.05, 3.63) is 35.2 Å². The van der Waals surface area contributed by atoms with Crippen molar-refractivity contribution in [2.24, 2.45) is 17.1 Å². The Morgan fingerprint density at radius 3 is 2.63 bits per heavy atom. The lowest BCUT2D eigenvalue weighted by atomic mass is 9.87. The van der Waals surface area contributed by atoms with E-state index in [0.717, 1.165) is 0 Å². The number of halogens is 2. The number of carbonyl (C=O) groups is 2. The van der Waals surface area contributed by atoms with Crippen LogP contribution in [0, 0.1) is 11.3 Å². The number of hydrogen-bond acceptors (Lipinski definition) is 6. The maximum absolute atomic E-state index is 14.5. The van der Waals surface area contributed by atoms with Crippen molar-refractivity contribution in [3.8, 4) is 5.69 Å². The van der Waals surface area contributed by atoms with Crippen molar-refractivity contribution in [3.63, 3.8) is 0 Å². The number of nitrogen functional groups attached to an aromatic ring is 1. The third-order valence-electron chi connectivity index (χ3n) is 8.06. The monoisotopic (exact) mass is 488 g/mol. The van der Waals surface area contributed by atoms with E-state index >= 15 is 0 Å². The molecule has 1 saturated carbocycles. The number of morpholine rings is 1. The minimum Gasteiger partial charge on any atom is -0.397 e. The molecule has 2 aliphatic carbocycles. The van der Waals surface area contributed by atoms with Gasteiger partial charge in [0.15, 0.2) is 5.69 Å². The number of nitrogens with zero attached hydrogens (tertiary/aromatic N) is 4. The third kappa shape index (κ3) is 3.51. The van der Waals surface area contributed by atoms with Gasteiger partial charge in [0.25, 0.3) is 11.8 Å². The van der Waals surface area contributed by atoms with E-state index in [1.165, 1.54) is 4.68 Å².